The monoisotopic (exact) mass is 713 g/mol. The normalized spacial score (nSPS) is 11.6. The lowest BCUT2D eigenvalue weighted by Crippen LogP contribution is -2.10. The van der Waals surface area contributed by atoms with Crippen LogP contribution in [0.3, 0.4) is 0 Å². The van der Waals surface area contributed by atoms with Crippen molar-refractivity contribution in [3.63, 3.8) is 0 Å². The van der Waals surface area contributed by atoms with Gasteiger partial charge in [-0.1, -0.05) is 164 Å². The Hall–Kier alpha value is -7.42. The molecule has 11 aromatic rings. The third-order valence-corrected chi connectivity index (χ3v) is 11.3. The number of hydrogen-bond donors (Lipinski definition) is 0. The van der Waals surface area contributed by atoms with Gasteiger partial charge < -0.3 is 9.32 Å². The zero-order valence-corrected chi connectivity index (χ0v) is 30.6. The average molecular weight is 714 g/mol. The molecule has 0 fully saturated rings. The van der Waals surface area contributed by atoms with E-state index < -0.39 is 0 Å². The van der Waals surface area contributed by atoms with Crippen LogP contribution in [0.4, 0.5) is 17.1 Å². The van der Waals surface area contributed by atoms with E-state index in [0.29, 0.717) is 0 Å². The molecule has 11 rings (SSSR count). The molecule has 56 heavy (non-hydrogen) atoms. The second-order valence-electron chi connectivity index (χ2n) is 14.5. The van der Waals surface area contributed by atoms with Crippen LogP contribution in [0, 0.1) is 0 Å². The molecule has 0 radical (unpaired) electrons. The van der Waals surface area contributed by atoms with Gasteiger partial charge in [0.1, 0.15) is 11.2 Å². The molecule has 0 aliphatic rings. The minimum atomic E-state index is 0.898. The second-order valence-corrected chi connectivity index (χ2v) is 14.5. The van der Waals surface area contributed by atoms with Crippen molar-refractivity contribution in [2.24, 2.45) is 0 Å². The fourth-order valence-electron chi connectivity index (χ4n) is 8.59. The molecule has 0 bridgehead atoms. The van der Waals surface area contributed by atoms with E-state index in [-0.39, 0.29) is 0 Å². The highest BCUT2D eigenvalue weighted by Gasteiger charge is 2.18. The van der Waals surface area contributed by atoms with E-state index in [1.54, 1.807) is 0 Å². The highest BCUT2D eigenvalue weighted by Crippen LogP contribution is 2.44. The van der Waals surface area contributed by atoms with Crippen LogP contribution in [0.2, 0.25) is 0 Å². The van der Waals surface area contributed by atoms with Crippen LogP contribution in [-0.2, 0) is 0 Å². The van der Waals surface area contributed by atoms with Gasteiger partial charge in [-0.05, 0) is 109 Å². The quantitative estimate of drug-likeness (QED) is 0.171. The fraction of sp³-hybridized carbons (Fsp3) is 0. The average Bonchev–Trinajstić information content (AvgIpc) is 3.64. The molecule has 2 nitrogen and oxygen atoms in total. The lowest BCUT2D eigenvalue weighted by molar-refractivity contribution is 0.669. The SMILES string of the molecule is c1ccc2c(-c3ccc(N(c4ccc(-c5ccc6ccccc6c5-c5ccc6c(c5)oc5ccccc56)cc4)c4cccc5ccccc45)cc3)cccc2c1. The molecule has 10 aromatic carbocycles. The minimum absolute atomic E-state index is 0.898. The zero-order chi connectivity index (χ0) is 37.0. The molecule has 2 heteroatoms. The molecule has 262 valence electrons. The lowest BCUT2D eigenvalue weighted by Gasteiger charge is -2.27. The zero-order valence-electron chi connectivity index (χ0n) is 30.6. The first-order chi connectivity index (χ1) is 27.8. The smallest absolute Gasteiger partial charge is 0.136 e. The molecule has 1 aromatic heterocycles. The van der Waals surface area contributed by atoms with Crippen molar-refractivity contribution in [3.8, 4) is 33.4 Å². The first-order valence-corrected chi connectivity index (χ1v) is 19.2. The molecule has 0 saturated carbocycles. The maximum Gasteiger partial charge on any atom is 0.136 e. The summed E-state index contributed by atoms with van der Waals surface area (Å²) in [6, 6.07) is 76.5. The predicted molar refractivity (Wildman–Crippen MR) is 237 cm³/mol. The number of anilines is 3. The number of nitrogens with zero attached hydrogens (tertiary/aromatic N) is 1. The Morgan fingerprint density at radius 2 is 0.821 bits per heavy atom. The van der Waals surface area contributed by atoms with Crippen molar-refractivity contribution >= 4 is 71.3 Å². The lowest BCUT2D eigenvalue weighted by atomic mass is 9.89. The summed E-state index contributed by atoms with van der Waals surface area (Å²) in [6.07, 6.45) is 0. The van der Waals surface area contributed by atoms with Gasteiger partial charge in [0, 0.05) is 27.5 Å². The second kappa shape index (κ2) is 13.2. The number of furan rings is 1. The third kappa shape index (κ3) is 5.34. The van der Waals surface area contributed by atoms with E-state index in [0.717, 1.165) is 50.1 Å². The van der Waals surface area contributed by atoms with Crippen LogP contribution >= 0.6 is 0 Å². The molecular formula is C54H35NO. The number of para-hydroxylation sites is 1. The van der Waals surface area contributed by atoms with E-state index >= 15 is 0 Å². The molecule has 0 spiro atoms. The van der Waals surface area contributed by atoms with Crippen molar-refractivity contribution in [3.05, 3.63) is 212 Å². The van der Waals surface area contributed by atoms with E-state index in [4.69, 9.17) is 4.42 Å². The minimum Gasteiger partial charge on any atom is -0.456 e. The summed E-state index contributed by atoms with van der Waals surface area (Å²) in [5.74, 6) is 0. The summed E-state index contributed by atoms with van der Waals surface area (Å²) in [7, 11) is 0. The molecule has 0 saturated heterocycles. The summed E-state index contributed by atoms with van der Waals surface area (Å²) in [4.78, 5) is 2.38. The van der Waals surface area contributed by atoms with Gasteiger partial charge in [-0.2, -0.15) is 0 Å². The van der Waals surface area contributed by atoms with Crippen molar-refractivity contribution in [2.45, 2.75) is 0 Å². The molecule has 0 unspecified atom stereocenters. The highest BCUT2D eigenvalue weighted by molar-refractivity contribution is 6.09. The van der Waals surface area contributed by atoms with E-state index in [1.165, 1.54) is 54.6 Å². The van der Waals surface area contributed by atoms with Crippen LogP contribution in [0.25, 0.3) is 87.6 Å². The van der Waals surface area contributed by atoms with Crippen molar-refractivity contribution in [1.29, 1.82) is 0 Å². The molecule has 1 heterocycles. The molecule has 0 amide bonds. The van der Waals surface area contributed by atoms with Gasteiger partial charge in [0.25, 0.3) is 0 Å². The molecule has 0 atom stereocenters. The highest BCUT2D eigenvalue weighted by atomic mass is 16.3. The number of fused-ring (bicyclic) bond motifs is 6. The van der Waals surface area contributed by atoms with Crippen molar-refractivity contribution in [1.82, 2.24) is 0 Å². The largest absolute Gasteiger partial charge is 0.456 e. The maximum atomic E-state index is 6.37. The van der Waals surface area contributed by atoms with Crippen molar-refractivity contribution < 1.29 is 4.42 Å². The predicted octanol–water partition coefficient (Wildman–Crippen LogP) is 15.5. The summed E-state index contributed by atoms with van der Waals surface area (Å²) in [6.45, 7) is 0. The van der Waals surface area contributed by atoms with Gasteiger partial charge in [0.05, 0.1) is 5.69 Å². The maximum absolute atomic E-state index is 6.37. The summed E-state index contributed by atoms with van der Waals surface area (Å²) < 4.78 is 6.37. The Labute approximate surface area is 325 Å². The van der Waals surface area contributed by atoms with E-state index in [2.05, 4.69) is 205 Å². The fourth-order valence-corrected chi connectivity index (χ4v) is 8.59. The van der Waals surface area contributed by atoms with E-state index in [1.807, 2.05) is 12.1 Å². The van der Waals surface area contributed by atoms with Gasteiger partial charge in [0.15, 0.2) is 0 Å². The van der Waals surface area contributed by atoms with Gasteiger partial charge in [-0.15, -0.1) is 0 Å². The first-order valence-electron chi connectivity index (χ1n) is 19.2. The van der Waals surface area contributed by atoms with Crippen LogP contribution in [0.5, 0.6) is 0 Å². The van der Waals surface area contributed by atoms with Gasteiger partial charge in [0.2, 0.25) is 0 Å². The summed E-state index contributed by atoms with van der Waals surface area (Å²) in [5.41, 5.74) is 12.2. The Morgan fingerprint density at radius 3 is 1.55 bits per heavy atom. The topological polar surface area (TPSA) is 16.4 Å². The molecular weight excluding hydrogens is 679 g/mol. The molecule has 0 aliphatic heterocycles. The Morgan fingerprint density at radius 1 is 0.304 bits per heavy atom. The van der Waals surface area contributed by atoms with Crippen LogP contribution in [-0.4, -0.2) is 0 Å². The Bertz CT molecular complexity index is 3230. The molecule has 0 aliphatic carbocycles. The van der Waals surface area contributed by atoms with Gasteiger partial charge in [-0.3, -0.25) is 0 Å². The Kier molecular flexibility index (Phi) is 7.53. The van der Waals surface area contributed by atoms with Crippen molar-refractivity contribution in [2.75, 3.05) is 4.90 Å². The number of hydrogen-bond acceptors (Lipinski definition) is 2. The van der Waals surface area contributed by atoms with Crippen LogP contribution < -0.4 is 4.90 Å². The van der Waals surface area contributed by atoms with E-state index in [9.17, 15) is 0 Å². The number of rotatable bonds is 6. The third-order valence-electron chi connectivity index (χ3n) is 11.3. The number of benzene rings is 10. The first kappa shape index (κ1) is 32.0. The standard InChI is InChI=1S/C54H35NO/c1-4-16-44-36(11-1)14-9-20-45(44)39-23-29-42(30-24-39)55(51-21-10-15-37-12-2-5-17-46(37)51)43-31-25-40(26-32-43)48-33-27-38-13-3-6-18-47(38)54(48)41-28-34-50-49-19-7-8-22-52(49)56-53(50)35-41/h1-35H. The van der Waals surface area contributed by atoms with Gasteiger partial charge in [-0.25, -0.2) is 0 Å². The van der Waals surface area contributed by atoms with Gasteiger partial charge >= 0.3 is 0 Å². The summed E-state index contributed by atoms with van der Waals surface area (Å²) in [5, 5.41) is 9.62. The Balaban J connectivity index is 1.04. The molecule has 0 N–H and O–H groups in total. The van der Waals surface area contributed by atoms with Crippen LogP contribution in [0.1, 0.15) is 0 Å². The summed E-state index contributed by atoms with van der Waals surface area (Å²) >= 11 is 0. The van der Waals surface area contributed by atoms with Crippen LogP contribution in [0.15, 0.2) is 217 Å².